The number of oxazole rings is 1. The van der Waals surface area contributed by atoms with Gasteiger partial charge in [-0.2, -0.15) is 0 Å². The van der Waals surface area contributed by atoms with Crippen LogP contribution in [0.1, 0.15) is 16.4 Å². The first-order valence-corrected chi connectivity index (χ1v) is 10.1. The molecule has 0 saturated carbocycles. The van der Waals surface area contributed by atoms with Crippen molar-refractivity contribution in [1.82, 2.24) is 15.0 Å². The number of aromatic nitrogens is 3. The number of nitrogens with zero attached hydrogens (tertiary/aromatic N) is 3. The summed E-state index contributed by atoms with van der Waals surface area (Å²) < 4.78 is 18.8. The molecule has 0 aliphatic rings. The van der Waals surface area contributed by atoms with E-state index in [0.29, 0.717) is 39.0 Å². The summed E-state index contributed by atoms with van der Waals surface area (Å²) in [5.74, 6) is -0.474. The van der Waals surface area contributed by atoms with E-state index in [1.807, 2.05) is 23.6 Å². The molecule has 1 amide bonds. The molecule has 9 heteroatoms. The molecule has 3 heterocycles. The lowest BCUT2D eigenvalue weighted by atomic mass is 10.1. The quantitative estimate of drug-likeness (QED) is 0.418. The fourth-order valence-electron chi connectivity index (χ4n) is 2.50. The van der Waals surface area contributed by atoms with Crippen molar-refractivity contribution in [2.24, 2.45) is 0 Å². The summed E-state index contributed by atoms with van der Waals surface area (Å²) in [4.78, 5) is 25.7. The second-order valence-electron chi connectivity index (χ2n) is 5.63. The van der Waals surface area contributed by atoms with Gasteiger partial charge in [0.05, 0.1) is 11.0 Å². The maximum atomic E-state index is 13.2. The van der Waals surface area contributed by atoms with E-state index in [9.17, 15) is 9.18 Å². The van der Waals surface area contributed by atoms with Crippen LogP contribution in [0.2, 0.25) is 0 Å². The number of rotatable bonds is 5. The van der Waals surface area contributed by atoms with Gasteiger partial charge in [0.2, 0.25) is 11.7 Å². The molecule has 0 radical (unpaired) electrons. The fourth-order valence-corrected chi connectivity index (χ4v) is 3.44. The molecule has 1 aromatic carbocycles. The average Bonchev–Trinajstić information content (AvgIpc) is 3.36. The minimum Gasteiger partial charge on any atom is -0.434 e. The Bertz CT molecular complexity index is 1110. The van der Waals surface area contributed by atoms with Crippen molar-refractivity contribution >= 4 is 38.3 Å². The average molecular weight is 459 g/mol. The molecule has 0 fully saturated rings. The first kappa shape index (κ1) is 18.5. The Morgan fingerprint density at radius 2 is 1.96 bits per heavy atom. The molecule has 3 aromatic heterocycles. The van der Waals surface area contributed by atoms with E-state index >= 15 is 0 Å². The number of carbonyl (C=O) groups is 1. The van der Waals surface area contributed by atoms with Crippen LogP contribution in [0.5, 0.6) is 0 Å². The van der Waals surface area contributed by atoms with Crippen LogP contribution in [0.15, 0.2) is 58.5 Å². The van der Waals surface area contributed by atoms with Crippen LogP contribution in [-0.4, -0.2) is 20.9 Å². The third-order valence-electron chi connectivity index (χ3n) is 3.76. The lowest BCUT2D eigenvalue weighted by Gasteiger charge is -2.02. The first-order chi connectivity index (χ1) is 13.6. The van der Waals surface area contributed by atoms with Gasteiger partial charge in [0.1, 0.15) is 17.2 Å². The van der Waals surface area contributed by atoms with Gasteiger partial charge in [-0.25, -0.2) is 14.4 Å². The molecule has 0 saturated heterocycles. The van der Waals surface area contributed by atoms with Gasteiger partial charge in [0.15, 0.2) is 5.13 Å². The van der Waals surface area contributed by atoms with Gasteiger partial charge in [-0.05, 0) is 36.4 Å². The molecular formula is C19H12BrFN4O2S. The highest BCUT2D eigenvalue weighted by molar-refractivity contribution is 9.08. The SMILES string of the molecule is O=C(Nc1nc(-c2ccccn2)cs1)c1oc(CBr)nc1-c1ccc(F)cc1. The summed E-state index contributed by atoms with van der Waals surface area (Å²) in [5, 5.41) is 5.29. The van der Waals surface area contributed by atoms with Gasteiger partial charge in [0, 0.05) is 17.1 Å². The van der Waals surface area contributed by atoms with Crippen LogP contribution in [0, 0.1) is 5.82 Å². The summed E-state index contributed by atoms with van der Waals surface area (Å²) in [7, 11) is 0. The summed E-state index contributed by atoms with van der Waals surface area (Å²) in [6.45, 7) is 0. The van der Waals surface area contributed by atoms with Crippen molar-refractivity contribution in [2.75, 3.05) is 5.32 Å². The number of hydrogen-bond donors (Lipinski definition) is 1. The molecule has 0 bridgehead atoms. The molecule has 0 spiro atoms. The van der Waals surface area contributed by atoms with E-state index in [4.69, 9.17) is 4.42 Å². The van der Waals surface area contributed by atoms with Crippen LogP contribution < -0.4 is 5.32 Å². The molecule has 0 unspecified atom stereocenters. The predicted octanol–water partition coefficient (Wildman–Crippen LogP) is 5.15. The Morgan fingerprint density at radius 1 is 1.14 bits per heavy atom. The van der Waals surface area contributed by atoms with Crippen molar-refractivity contribution in [1.29, 1.82) is 0 Å². The first-order valence-electron chi connectivity index (χ1n) is 8.14. The van der Waals surface area contributed by atoms with Crippen LogP contribution in [-0.2, 0) is 5.33 Å². The zero-order chi connectivity index (χ0) is 19.5. The van der Waals surface area contributed by atoms with Crippen LogP contribution in [0.4, 0.5) is 9.52 Å². The van der Waals surface area contributed by atoms with Crippen molar-refractivity contribution in [3.63, 3.8) is 0 Å². The zero-order valence-electron chi connectivity index (χ0n) is 14.2. The summed E-state index contributed by atoms with van der Waals surface area (Å²) in [6, 6.07) is 11.2. The monoisotopic (exact) mass is 458 g/mol. The van der Waals surface area contributed by atoms with Crippen LogP contribution >= 0.6 is 27.3 Å². The van der Waals surface area contributed by atoms with E-state index in [-0.39, 0.29) is 11.6 Å². The Morgan fingerprint density at radius 3 is 2.68 bits per heavy atom. The van der Waals surface area contributed by atoms with E-state index < -0.39 is 5.91 Å². The van der Waals surface area contributed by atoms with Crippen molar-refractivity contribution in [3.05, 3.63) is 71.5 Å². The van der Waals surface area contributed by atoms with E-state index in [2.05, 4.69) is 36.2 Å². The normalized spacial score (nSPS) is 10.8. The minimum atomic E-state index is -0.485. The van der Waals surface area contributed by atoms with Gasteiger partial charge in [-0.1, -0.05) is 22.0 Å². The Balaban J connectivity index is 1.61. The van der Waals surface area contributed by atoms with Gasteiger partial charge in [-0.3, -0.25) is 15.1 Å². The van der Waals surface area contributed by atoms with Gasteiger partial charge in [-0.15, -0.1) is 11.3 Å². The third-order valence-corrected chi connectivity index (χ3v) is 5.00. The molecular weight excluding hydrogens is 447 g/mol. The number of benzene rings is 1. The predicted molar refractivity (Wildman–Crippen MR) is 108 cm³/mol. The third kappa shape index (κ3) is 3.85. The number of thiazole rings is 1. The molecule has 1 N–H and O–H groups in total. The Kier molecular flexibility index (Phi) is 5.27. The molecule has 140 valence electrons. The van der Waals surface area contributed by atoms with Gasteiger partial charge in [0.25, 0.3) is 5.91 Å². The maximum Gasteiger partial charge on any atom is 0.295 e. The van der Waals surface area contributed by atoms with Gasteiger partial charge >= 0.3 is 0 Å². The Hall–Kier alpha value is -2.91. The molecule has 4 rings (SSSR count). The number of carbonyl (C=O) groups excluding carboxylic acids is 1. The number of pyridine rings is 1. The van der Waals surface area contributed by atoms with Crippen molar-refractivity contribution in [2.45, 2.75) is 5.33 Å². The van der Waals surface area contributed by atoms with E-state index in [1.54, 1.807) is 18.3 Å². The molecule has 6 nitrogen and oxygen atoms in total. The Labute approximate surface area is 171 Å². The molecule has 0 atom stereocenters. The number of amides is 1. The number of alkyl halides is 1. The molecule has 0 aliphatic carbocycles. The summed E-state index contributed by atoms with van der Waals surface area (Å²) >= 11 is 4.55. The smallest absolute Gasteiger partial charge is 0.295 e. The molecule has 4 aromatic rings. The number of anilines is 1. The lowest BCUT2D eigenvalue weighted by Crippen LogP contribution is -2.12. The highest BCUT2D eigenvalue weighted by atomic mass is 79.9. The standard InChI is InChI=1S/C19H12BrFN4O2S/c20-9-15-24-16(11-4-6-12(21)7-5-11)17(27-15)18(26)25-19-23-14(10-28-19)13-3-1-2-8-22-13/h1-8,10H,9H2,(H,23,25,26). The number of nitrogens with one attached hydrogen (secondary N) is 1. The van der Waals surface area contributed by atoms with E-state index in [0.717, 1.165) is 0 Å². The largest absolute Gasteiger partial charge is 0.434 e. The number of hydrogen-bond acceptors (Lipinski definition) is 6. The lowest BCUT2D eigenvalue weighted by molar-refractivity contribution is 0.0996. The van der Waals surface area contributed by atoms with Crippen molar-refractivity contribution in [3.8, 4) is 22.6 Å². The maximum absolute atomic E-state index is 13.2. The summed E-state index contributed by atoms with van der Waals surface area (Å²) in [6.07, 6.45) is 1.68. The second-order valence-corrected chi connectivity index (χ2v) is 7.05. The van der Waals surface area contributed by atoms with Gasteiger partial charge < -0.3 is 4.42 Å². The highest BCUT2D eigenvalue weighted by Gasteiger charge is 2.22. The highest BCUT2D eigenvalue weighted by Crippen LogP contribution is 2.28. The molecule has 28 heavy (non-hydrogen) atoms. The number of halogens is 2. The zero-order valence-corrected chi connectivity index (χ0v) is 16.6. The van der Waals surface area contributed by atoms with Crippen LogP contribution in [0.3, 0.4) is 0 Å². The minimum absolute atomic E-state index is 0.0376. The van der Waals surface area contributed by atoms with Crippen LogP contribution in [0.25, 0.3) is 22.6 Å². The van der Waals surface area contributed by atoms with Crippen molar-refractivity contribution < 1.29 is 13.6 Å². The molecule has 0 aliphatic heterocycles. The van der Waals surface area contributed by atoms with E-state index in [1.165, 1.54) is 23.5 Å². The fraction of sp³-hybridized carbons (Fsp3) is 0.0526. The second kappa shape index (κ2) is 7.99. The summed E-state index contributed by atoms with van der Waals surface area (Å²) in [5.41, 5.74) is 2.30. The topological polar surface area (TPSA) is 80.9 Å².